The van der Waals surface area contributed by atoms with Gasteiger partial charge in [0.05, 0.1) is 12.8 Å². The van der Waals surface area contributed by atoms with Gasteiger partial charge in [0.15, 0.2) is 5.78 Å². The number of anilines is 1. The molecular weight excluding hydrogens is 567 g/mol. The quantitative estimate of drug-likeness (QED) is 0.237. The lowest BCUT2D eigenvalue weighted by molar-refractivity contribution is -0.110. The standard InChI is InChI=1S/C37H28BF2N3O2/c1-45-27-15-19-29-25(21-27)13-17-31-33(23-10-6-3-7-11-23)37(43(35(29)31)38(39)40)42-36-32(22-8-4-2-5-9-22)30-16-12-24-20-26(44)14-18-28(24)34(30)41-36/h2-11,14-15,18-21H,12-13,16-17H2,1H3,(H,41,42). The van der Waals surface area contributed by atoms with Gasteiger partial charge in [-0.25, -0.2) is 4.99 Å². The van der Waals surface area contributed by atoms with E-state index >= 15 is 8.63 Å². The number of halogens is 2. The van der Waals surface area contributed by atoms with Gasteiger partial charge in [0.2, 0.25) is 0 Å². The zero-order valence-electron chi connectivity index (χ0n) is 24.6. The summed E-state index contributed by atoms with van der Waals surface area (Å²) in [5.41, 5.74) is 10.3. The van der Waals surface area contributed by atoms with Crippen LogP contribution in [0.25, 0.3) is 28.0 Å². The molecule has 1 aromatic heterocycles. The zero-order valence-corrected chi connectivity index (χ0v) is 24.6. The Morgan fingerprint density at radius 3 is 2.38 bits per heavy atom. The number of carbonyl (C=O) groups is 1. The third-order valence-electron chi connectivity index (χ3n) is 9.10. The second-order valence-electron chi connectivity index (χ2n) is 11.6. The number of hydrogen-bond donors (Lipinski definition) is 1. The van der Waals surface area contributed by atoms with Crippen molar-refractivity contribution < 1.29 is 18.2 Å². The molecule has 0 saturated heterocycles. The molecule has 0 saturated carbocycles. The highest BCUT2D eigenvalue weighted by atomic mass is 19.2. The number of methoxy groups -OCH3 is 1. The van der Waals surface area contributed by atoms with Crippen molar-refractivity contribution >= 4 is 30.4 Å². The van der Waals surface area contributed by atoms with Crippen molar-refractivity contribution in [1.82, 2.24) is 4.48 Å². The van der Waals surface area contributed by atoms with E-state index in [-0.39, 0.29) is 5.78 Å². The molecule has 0 atom stereocenters. The Labute approximate surface area is 260 Å². The van der Waals surface area contributed by atoms with Crippen molar-refractivity contribution in [2.24, 2.45) is 4.99 Å². The van der Waals surface area contributed by atoms with Gasteiger partial charge in [-0.3, -0.25) is 13.4 Å². The number of nitrogens with one attached hydrogen (secondary N) is 1. The molecule has 0 amide bonds. The first-order chi connectivity index (χ1) is 22.0. The molecule has 220 valence electrons. The van der Waals surface area contributed by atoms with Crippen LogP contribution in [0.4, 0.5) is 14.4 Å². The third kappa shape index (κ3) is 4.43. The number of nitrogens with zero attached hydrogens (tertiary/aromatic N) is 2. The number of fused-ring (bicyclic) bond motifs is 5. The van der Waals surface area contributed by atoms with E-state index in [1.807, 2.05) is 84.9 Å². The van der Waals surface area contributed by atoms with Crippen LogP contribution in [0, 0.1) is 0 Å². The van der Waals surface area contributed by atoms with Gasteiger partial charge >= 0.3 is 7.40 Å². The van der Waals surface area contributed by atoms with Crippen LogP contribution >= 0.6 is 0 Å². The number of allylic oxidation sites excluding steroid dienone is 6. The Hall–Kier alpha value is -5.24. The number of aliphatic imine (C=N–C) groups is 1. The maximum absolute atomic E-state index is 15.4. The smallest absolute Gasteiger partial charge is 0.497 e. The molecule has 4 aliphatic rings. The second-order valence-corrected chi connectivity index (χ2v) is 11.6. The Balaban J connectivity index is 1.37. The van der Waals surface area contributed by atoms with Gasteiger partial charge in [0.1, 0.15) is 17.4 Å². The summed E-state index contributed by atoms with van der Waals surface area (Å²) >= 11 is 0. The maximum atomic E-state index is 15.4. The predicted molar refractivity (Wildman–Crippen MR) is 176 cm³/mol. The number of hydrogen-bond acceptors (Lipinski definition) is 4. The lowest BCUT2D eigenvalue weighted by atomic mass is 9.82. The highest BCUT2D eigenvalue weighted by Gasteiger charge is 2.38. The minimum atomic E-state index is -2.81. The number of aromatic nitrogens is 1. The van der Waals surface area contributed by atoms with Crippen LogP contribution in [0.5, 0.6) is 5.75 Å². The van der Waals surface area contributed by atoms with E-state index in [9.17, 15) is 4.79 Å². The summed E-state index contributed by atoms with van der Waals surface area (Å²) in [6.07, 6.45) is 7.80. The fourth-order valence-electron chi connectivity index (χ4n) is 7.15. The minimum absolute atomic E-state index is 0.0314. The maximum Gasteiger partial charge on any atom is 0.679 e. The van der Waals surface area contributed by atoms with Crippen LogP contribution in [-0.2, 0) is 17.6 Å². The van der Waals surface area contributed by atoms with Crippen LogP contribution < -0.4 is 10.1 Å². The SMILES string of the molecule is COc1ccc2c(c1)CCc1c(-c3ccccc3)c(NC3=NC4=C5C=CC(=O)C=C5CCC4=C3c3ccccc3)n(B(F)F)c1-2. The van der Waals surface area contributed by atoms with Gasteiger partial charge in [0.25, 0.3) is 0 Å². The Morgan fingerprint density at radius 1 is 0.889 bits per heavy atom. The molecule has 4 aromatic rings. The molecule has 0 bridgehead atoms. The summed E-state index contributed by atoms with van der Waals surface area (Å²) < 4.78 is 37.4. The van der Waals surface area contributed by atoms with Crippen molar-refractivity contribution in [3.8, 4) is 28.1 Å². The molecule has 8 rings (SSSR count). The van der Waals surface area contributed by atoms with E-state index in [1.54, 1.807) is 19.3 Å². The van der Waals surface area contributed by atoms with E-state index in [0.29, 0.717) is 48.8 Å². The first-order valence-corrected chi connectivity index (χ1v) is 15.1. The third-order valence-corrected chi connectivity index (χ3v) is 9.10. The Morgan fingerprint density at radius 2 is 1.64 bits per heavy atom. The molecule has 8 heteroatoms. The average Bonchev–Trinajstić information content (AvgIpc) is 3.60. The largest absolute Gasteiger partial charge is 0.679 e. The molecule has 3 aromatic carbocycles. The van der Waals surface area contributed by atoms with Gasteiger partial charge < -0.3 is 14.5 Å². The molecule has 1 aliphatic heterocycles. The molecule has 0 unspecified atom stereocenters. The van der Waals surface area contributed by atoms with Crippen molar-refractivity contribution in [2.75, 3.05) is 12.4 Å². The first kappa shape index (κ1) is 27.3. The number of amidine groups is 1. The number of ketones is 1. The van der Waals surface area contributed by atoms with Gasteiger partial charge in [-0.05, 0) is 95.5 Å². The van der Waals surface area contributed by atoms with Crippen LogP contribution in [0.2, 0.25) is 0 Å². The Kier molecular flexibility index (Phi) is 6.52. The number of rotatable bonds is 5. The van der Waals surface area contributed by atoms with E-state index in [0.717, 1.165) is 65.8 Å². The van der Waals surface area contributed by atoms with Gasteiger partial charge in [0, 0.05) is 28.0 Å². The normalized spacial score (nSPS) is 16.5. The van der Waals surface area contributed by atoms with Crippen LogP contribution in [0.15, 0.2) is 124 Å². The average molecular weight is 595 g/mol. The van der Waals surface area contributed by atoms with Crippen molar-refractivity contribution in [2.45, 2.75) is 25.7 Å². The highest BCUT2D eigenvalue weighted by molar-refractivity contribution is 6.44. The zero-order chi connectivity index (χ0) is 30.7. The lowest BCUT2D eigenvalue weighted by Gasteiger charge is -2.21. The molecule has 0 fully saturated rings. The van der Waals surface area contributed by atoms with Gasteiger partial charge in [-0.2, -0.15) is 0 Å². The summed E-state index contributed by atoms with van der Waals surface area (Å²) in [6.45, 7) is 0. The molecule has 0 radical (unpaired) electrons. The van der Waals surface area contributed by atoms with Crippen LogP contribution in [0.1, 0.15) is 29.5 Å². The number of benzene rings is 3. The highest BCUT2D eigenvalue weighted by Crippen LogP contribution is 2.49. The van der Waals surface area contributed by atoms with E-state index < -0.39 is 7.40 Å². The lowest BCUT2D eigenvalue weighted by Crippen LogP contribution is -2.22. The molecule has 1 N–H and O–H groups in total. The molecular formula is C37H28BF2N3O2. The van der Waals surface area contributed by atoms with Crippen LogP contribution in [0.3, 0.4) is 0 Å². The first-order valence-electron chi connectivity index (χ1n) is 15.1. The molecule has 2 heterocycles. The summed E-state index contributed by atoms with van der Waals surface area (Å²) in [5.74, 6) is 1.51. The van der Waals surface area contributed by atoms with Crippen molar-refractivity contribution in [1.29, 1.82) is 0 Å². The minimum Gasteiger partial charge on any atom is -0.497 e. The number of carbonyl (C=O) groups excluding carboxylic acids is 1. The van der Waals surface area contributed by atoms with Gasteiger partial charge in [-0.15, -0.1) is 0 Å². The molecule has 5 nitrogen and oxygen atoms in total. The van der Waals surface area contributed by atoms with E-state index in [4.69, 9.17) is 9.73 Å². The summed E-state index contributed by atoms with van der Waals surface area (Å²) in [4.78, 5) is 17.3. The summed E-state index contributed by atoms with van der Waals surface area (Å²) in [5, 5.41) is 3.48. The molecule has 3 aliphatic carbocycles. The van der Waals surface area contributed by atoms with Crippen molar-refractivity contribution in [3.63, 3.8) is 0 Å². The monoisotopic (exact) mass is 595 g/mol. The molecule has 45 heavy (non-hydrogen) atoms. The second kappa shape index (κ2) is 10.7. The summed E-state index contributed by atoms with van der Waals surface area (Å²) in [6, 6.07) is 25.4. The Bertz CT molecular complexity index is 2050. The summed E-state index contributed by atoms with van der Waals surface area (Å²) in [7, 11) is -1.20. The molecule has 0 spiro atoms. The predicted octanol–water partition coefficient (Wildman–Crippen LogP) is 8.09. The fraction of sp³-hybridized carbons (Fsp3) is 0.135. The number of ether oxygens (including phenoxy) is 1. The van der Waals surface area contributed by atoms with E-state index in [2.05, 4.69) is 5.32 Å². The number of aryl methyl sites for hydroxylation is 1. The van der Waals surface area contributed by atoms with Crippen molar-refractivity contribution in [3.05, 3.63) is 136 Å². The fourth-order valence-corrected chi connectivity index (χ4v) is 7.15. The van der Waals surface area contributed by atoms with Crippen LogP contribution in [-0.4, -0.2) is 30.6 Å². The van der Waals surface area contributed by atoms with Gasteiger partial charge in [-0.1, -0.05) is 60.7 Å². The van der Waals surface area contributed by atoms with E-state index in [1.165, 1.54) is 0 Å². The topological polar surface area (TPSA) is 55.6 Å².